The summed E-state index contributed by atoms with van der Waals surface area (Å²) >= 11 is 0. The molecule has 0 fully saturated rings. The fourth-order valence-electron chi connectivity index (χ4n) is 0.598. The minimum Gasteiger partial charge on any atom is -0.469 e. The third-order valence-corrected chi connectivity index (χ3v) is 0.986. The lowest BCUT2D eigenvalue weighted by atomic mass is 10.0. The van der Waals surface area contributed by atoms with Crippen LogP contribution in [0.25, 0.3) is 0 Å². The van der Waals surface area contributed by atoms with Crippen LogP contribution in [0.4, 0.5) is 0 Å². The molecule has 2 nitrogen and oxygen atoms in total. The lowest BCUT2D eigenvalue weighted by Gasteiger charge is -1.80. The van der Waals surface area contributed by atoms with Gasteiger partial charge in [-0.25, -0.2) is 0 Å². The summed E-state index contributed by atoms with van der Waals surface area (Å²) in [5, 5.41) is 0. The molecule has 0 aromatic carbocycles. The number of rotatable bonds is 1. The van der Waals surface area contributed by atoms with Crippen molar-refractivity contribution in [3.63, 3.8) is 0 Å². The molecule has 0 spiro atoms. The molecule has 0 radical (unpaired) electrons. The van der Waals surface area contributed by atoms with Crippen LogP contribution in [0.2, 0.25) is 0 Å². The topological polar surface area (TPSA) is 39.2 Å². The quantitative estimate of drug-likeness (QED) is 0.469. The van der Waals surface area contributed by atoms with Crippen molar-refractivity contribution in [3.05, 3.63) is 18.1 Å². The van der Waals surface area contributed by atoms with Crippen molar-refractivity contribution in [1.82, 2.24) is 0 Å². The zero-order valence-electron chi connectivity index (χ0n) is 4.85. The van der Waals surface area contributed by atoms with Crippen LogP contribution in [0.15, 0.2) is 16.7 Å². The third-order valence-electron chi connectivity index (χ3n) is 0.986. The zero-order chi connectivity index (χ0) is 5.98. The first-order valence-corrected chi connectivity index (χ1v) is 2.57. The van der Waals surface area contributed by atoms with Gasteiger partial charge in [-0.05, 0) is 6.07 Å². The molecule has 1 aromatic heterocycles. The first kappa shape index (κ1) is 5.44. The van der Waals surface area contributed by atoms with Crippen LogP contribution >= 0.6 is 0 Å². The largest absolute Gasteiger partial charge is 0.469 e. The Morgan fingerprint density at radius 2 is 2.50 bits per heavy atom. The molecule has 0 atom stereocenters. The second kappa shape index (κ2) is 2.05. The Balaban J connectivity index is 2.84. The summed E-state index contributed by atoms with van der Waals surface area (Å²) < 4.78 is 4.99. The summed E-state index contributed by atoms with van der Waals surface area (Å²) in [5.41, 5.74) is 6.40. The molecule has 42 valence electrons. The Kier molecular flexibility index (Phi) is 1.39. The highest BCUT2D eigenvalue weighted by atomic mass is 16.3. The molecule has 0 unspecified atom stereocenters. The maximum atomic E-state index is 5.27. The van der Waals surface area contributed by atoms with Gasteiger partial charge in [0.15, 0.2) is 0 Å². The van der Waals surface area contributed by atoms with Crippen molar-refractivity contribution in [2.24, 2.45) is 5.73 Å². The first-order chi connectivity index (χ1) is 3.83. The second-order valence-electron chi connectivity index (χ2n) is 1.79. The van der Waals surface area contributed by atoms with E-state index in [1.807, 2.05) is 13.9 Å². The monoisotopic (exact) mass is 109 g/mol. The molecule has 0 saturated heterocycles. The second-order valence-corrected chi connectivity index (χ2v) is 1.79. The van der Waals surface area contributed by atoms with Gasteiger partial charge in [0.05, 0.1) is 12.8 Å². The highest BCUT2D eigenvalue weighted by molar-refractivity contribution is 6.32. The lowest BCUT2D eigenvalue weighted by molar-refractivity contribution is 0.513. The van der Waals surface area contributed by atoms with E-state index >= 15 is 0 Å². The van der Waals surface area contributed by atoms with E-state index in [4.69, 9.17) is 10.2 Å². The average molecular weight is 109 g/mol. The summed E-state index contributed by atoms with van der Waals surface area (Å²) in [5.74, 6) is 0.850. The minimum atomic E-state index is 0.494. The van der Waals surface area contributed by atoms with Crippen LogP contribution in [-0.2, 0) is 6.54 Å². The Hall–Kier alpha value is -0.695. The molecule has 0 amide bonds. The van der Waals surface area contributed by atoms with Gasteiger partial charge < -0.3 is 10.2 Å². The summed E-state index contributed by atoms with van der Waals surface area (Å²) in [4.78, 5) is 0. The van der Waals surface area contributed by atoms with Crippen molar-refractivity contribution in [3.8, 4) is 0 Å². The molecule has 0 saturated carbocycles. The highest BCUT2D eigenvalue weighted by Gasteiger charge is 1.91. The number of furan rings is 1. The standard InChI is InChI=1S/C5H8BNO/c6-4-1-5(2-7)8-3-4/h1,3H,2,6-7H2. The van der Waals surface area contributed by atoms with Crippen molar-refractivity contribution in [2.75, 3.05) is 0 Å². The van der Waals surface area contributed by atoms with Gasteiger partial charge in [-0.15, -0.1) is 0 Å². The molecular weight excluding hydrogens is 101 g/mol. The van der Waals surface area contributed by atoms with Gasteiger partial charge in [0.1, 0.15) is 13.6 Å². The molecule has 0 aliphatic carbocycles. The van der Waals surface area contributed by atoms with E-state index in [2.05, 4.69) is 0 Å². The number of hydrogen-bond acceptors (Lipinski definition) is 2. The van der Waals surface area contributed by atoms with Crippen LogP contribution in [0.3, 0.4) is 0 Å². The minimum absolute atomic E-state index is 0.494. The molecule has 0 aliphatic heterocycles. The average Bonchev–Trinajstić information content (AvgIpc) is 2.14. The number of hydrogen-bond donors (Lipinski definition) is 1. The van der Waals surface area contributed by atoms with Crippen molar-refractivity contribution < 1.29 is 4.42 Å². The Labute approximate surface area is 49.1 Å². The van der Waals surface area contributed by atoms with Crippen LogP contribution in [-0.4, -0.2) is 7.85 Å². The van der Waals surface area contributed by atoms with Gasteiger partial charge in [-0.3, -0.25) is 0 Å². The van der Waals surface area contributed by atoms with Crippen LogP contribution in [0, 0.1) is 0 Å². The van der Waals surface area contributed by atoms with Gasteiger partial charge >= 0.3 is 0 Å². The van der Waals surface area contributed by atoms with Crippen LogP contribution in [0.5, 0.6) is 0 Å². The van der Waals surface area contributed by atoms with E-state index in [-0.39, 0.29) is 0 Å². The SMILES string of the molecule is Bc1coc(CN)c1. The predicted octanol–water partition coefficient (Wildman–Crippen LogP) is -1.00. The molecule has 1 rings (SSSR count). The van der Waals surface area contributed by atoms with E-state index < -0.39 is 0 Å². The third kappa shape index (κ3) is 0.926. The predicted molar refractivity (Wildman–Crippen MR) is 34.8 cm³/mol. The van der Waals surface area contributed by atoms with Crippen molar-refractivity contribution in [2.45, 2.75) is 6.54 Å². The fourth-order valence-corrected chi connectivity index (χ4v) is 0.598. The van der Waals surface area contributed by atoms with Gasteiger partial charge in [0.25, 0.3) is 0 Å². The maximum absolute atomic E-state index is 5.27. The first-order valence-electron chi connectivity index (χ1n) is 2.57. The maximum Gasteiger partial charge on any atom is 0.143 e. The Morgan fingerprint density at radius 1 is 1.75 bits per heavy atom. The van der Waals surface area contributed by atoms with Gasteiger partial charge in [-0.1, -0.05) is 5.46 Å². The summed E-state index contributed by atoms with van der Waals surface area (Å²) in [7, 11) is 1.97. The summed E-state index contributed by atoms with van der Waals surface area (Å²) in [6.07, 6.45) is 1.70. The molecule has 8 heavy (non-hydrogen) atoms. The molecular formula is C5H8BNO. The van der Waals surface area contributed by atoms with Crippen LogP contribution in [0.1, 0.15) is 5.76 Å². The fraction of sp³-hybridized carbons (Fsp3) is 0.200. The smallest absolute Gasteiger partial charge is 0.143 e. The normalized spacial score (nSPS) is 9.62. The summed E-state index contributed by atoms with van der Waals surface area (Å²) in [6.45, 7) is 0.494. The molecule has 0 bridgehead atoms. The van der Waals surface area contributed by atoms with Crippen molar-refractivity contribution >= 4 is 13.3 Å². The van der Waals surface area contributed by atoms with E-state index in [1.165, 1.54) is 0 Å². The molecule has 1 heterocycles. The van der Waals surface area contributed by atoms with E-state index in [0.29, 0.717) is 6.54 Å². The Bertz CT molecular complexity index is 173. The number of nitrogens with two attached hydrogens (primary N) is 1. The van der Waals surface area contributed by atoms with Gasteiger partial charge in [-0.2, -0.15) is 0 Å². The van der Waals surface area contributed by atoms with E-state index in [1.54, 1.807) is 6.26 Å². The summed E-state index contributed by atoms with van der Waals surface area (Å²) in [6, 6.07) is 1.93. The van der Waals surface area contributed by atoms with Crippen molar-refractivity contribution in [1.29, 1.82) is 0 Å². The molecule has 3 heteroatoms. The van der Waals surface area contributed by atoms with Gasteiger partial charge in [0, 0.05) is 0 Å². The zero-order valence-corrected chi connectivity index (χ0v) is 4.85. The lowest BCUT2D eigenvalue weighted by Crippen LogP contribution is -1.97. The Morgan fingerprint density at radius 3 is 2.75 bits per heavy atom. The molecule has 0 aliphatic rings. The van der Waals surface area contributed by atoms with E-state index in [0.717, 1.165) is 11.2 Å². The molecule has 2 N–H and O–H groups in total. The highest BCUT2D eigenvalue weighted by Crippen LogP contribution is 1.92. The molecule has 1 aromatic rings. The van der Waals surface area contributed by atoms with Crippen LogP contribution < -0.4 is 11.2 Å². The van der Waals surface area contributed by atoms with E-state index in [9.17, 15) is 0 Å². The van der Waals surface area contributed by atoms with Gasteiger partial charge in [0.2, 0.25) is 0 Å².